The van der Waals surface area contributed by atoms with Crippen LogP contribution in [0, 0.1) is 0 Å². The largest absolute Gasteiger partial charge is 0.481 e. The summed E-state index contributed by atoms with van der Waals surface area (Å²) < 4.78 is 0. The molecule has 1 heterocycles. The van der Waals surface area contributed by atoms with Gasteiger partial charge in [-0.15, -0.1) is 0 Å². The summed E-state index contributed by atoms with van der Waals surface area (Å²) in [6.45, 7) is 0.716. The lowest BCUT2D eigenvalue weighted by atomic mass is 9.97. The number of rotatable bonds is 5. The molecule has 5 heteroatoms. The van der Waals surface area contributed by atoms with Crippen LogP contribution in [0.3, 0.4) is 0 Å². The third-order valence-electron chi connectivity index (χ3n) is 3.94. The van der Waals surface area contributed by atoms with E-state index in [-0.39, 0.29) is 24.8 Å². The van der Waals surface area contributed by atoms with E-state index >= 15 is 0 Å². The van der Waals surface area contributed by atoms with Gasteiger partial charge in [-0.3, -0.25) is 9.59 Å². The normalized spacial score (nSPS) is 18.5. The lowest BCUT2D eigenvalue weighted by Crippen LogP contribution is -2.44. The first-order valence-electron chi connectivity index (χ1n) is 7.32. The molecule has 0 radical (unpaired) electrons. The number of amides is 1. The Balaban J connectivity index is 2.01. The van der Waals surface area contributed by atoms with Gasteiger partial charge >= 0.3 is 5.97 Å². The molecule has 0 aromatic heterocycles. The van der Waals surface area contributed by atoms with Crippen molar-refractivity contribution in [2.75, 3.05) is 6.54 Å². The number of hydrogen-bond donors (Lipinski definition) is 1. The number of hydrogen-bond acceptors (Lipinski definition) is 2. The quantitative estimate of drug-likeness (QED) is 0.909. The van der Waals surface area contributed by atoms with Crippen LogP contribution in [0.25, 0.3) is 0 Å². The Labute approximate surface area is 129 Å². The van der Waals surface area contributed by atoms with Crippen LogP contribution in [0.5, 0.6) is 0 Å². The lowest BCUT2D eigenvalue weighted by Gasteiger charge is -2.36. The Kier molecular flexibility index (Phi) is 5.62. The van der Waals surface area contributed by atoms with E-state index in [4.69, 9.17) is 16.7 Å². The maximum Gasteiger partial charge on any atom is 0.303 e. The lowest BCUT2D eigenvalue weighted by molar-refractivity contribution is -0.139. The fourth-order valence-electron chi connectivity index (χ4n) is 2.83. The van der Waals surface area contributed by atoms with Gasteiger partial charge in [0.15, 0.2) is 0 Å². The Morgan fingerprint density at radius 1 is 1.29 bits per heavy atom. The second kappa shape index (κ2) is 7.46. The number of carboxylic acids is 1. The van der Waals surface area contributed by atoms with Crippen LogP contribution in [0.4, 0.5) is 0 Å². The van der Waals surface area contributed by atoms with Crippen LogP contribution in [-0.2, 0) is 16.0 Å². The van der Waals surface area contributed by atoms with E-state index in [1.165, 1.54) is 0 Å². The van der Waals surface area contributed by atoms with Crippen molar-refractivity contribution < 1.29 is 14.7 Å². The smallest absolute Gasteiger partial charge is 0.303 e. The summed E-state index contributed by atoms with van der Waals surface area (Å²) in [6, 6.07) is 7.39. The van der Waals surface area contributed by atoms with Gasteiger partial charge in [-0.05, 0) is 37.3 Å². The van der Waals surface area contributed by atoms with Crippen molar-refractivity contribution >= 4 is 23.5 Å². The summed E-state index contributed by atoms with van der Waals surface area (Å²) in [5, 5.41) is 9.42. The highest BCUT2D eigenvalue weighted by Crippen LogP contribution is 2.23. The number of piperidine rings is 1. The molecule has 1 aliphatic heterocycles. The van der Waals surface area contributed by atoms with E-state index in [1.54, 1.807) is 6.07 Å². The van der Waals surface area contributed by atoms with Crippen LogP contribution >= 0.6 is 11.6 Å². The molecule has 1 aliphatic rings. The molecule has 0 spiro atoms. The molecular formula is C16H20ClNO3. The molecule has 2 rings (SSSR count). The van der Waals surface area contributed by atoms with Gasteiger partial charge in [-0.1, -0.05) is 29.8 Å². The molecule has 21 heavy (non-hydrogen) atoms. The molecule has 114 valence electrons. The van der Waals surface area contributed by atoms with Crippen LogP contribution < -0.4 is 0 Å². The second-order valence-corrected chi connectivity index (χ2v) is 5.84. The average Bonchev–Trinajstić information content (AvgIpc) is 2.47. The van der Waals surface area contributed by atoms with E-state index in [9.17, 15) is 9.59 Å². The van der Waals surface area contributed by atoms with Gasteiger partial charge in [0, 0.05) is 24.0 Å². The molecule has 1 amide bonds. The van der Waals surface area contributed by atoms with Crippen molar-refractivity contribution in [1.29, 1.82) is 0 Å². The molecule has 1 aromatic carbocycles. The number of carbonyl (C=O) groups is 2. The topological polar surface area (TPSA) is 57.6 Å². The second-order valence-electron chi connectivity index (χ2n) is 5.44. The van der Waals surface area contributed by atoms with Crippen LogP contribution in [0.2, 0.25) is 5.02 Å². The van der Waals surface area contributed by atoms with Gasteiger partial charge in [0.2, 0.25) is 5.91 Å². The molecule has 1 saturated heterocycles. The van der Waals surface area contributed by atoms with E-state index in [0.717, 1.165) is 24.8 Å². The number of aliphatic carboxylic acids is 1. The highest BCUT2D eigenvalue weighted by molar-refractivity contribution is 6.31. The van der Waals surface area contributed by atoms with Crippen LogP contribution in [0.15, 0.2) is 24.3 Å². The Bertz CT molecular complexity index is 518. The summed E-state index contributed by atoms with van der Waals surface area (Å²) in [7, 11) is 0. The zero-order chi connectivity index (χ0) is 15.2. The third-order valence-corrected chi connectivity index (χ3v) is 4.31. The van der Waals surface area contributed by atoms with E-state index < -0.39 is 5.97 Å². The number of benzene rings is 1. The first-order chi connectivity index (χ1) is 10.1. The Hall–Kier alpha value is -1.55. The van der Waals surface area contributed by atoms with Crippen molar-refractivity contribution in [2.45, 2.75) is 44.6 Å². The predicted octanol–water partition coefficient (Wildman–Crippen LogP) is 3.13. The van der Waals surface area contributed by atoms with Gasteiger partial charge in [0.1, 0.15) is 0 Å². The minimum Gasteiger partial charge on any atom is -0.481 e. The van der Waals surface area contributed by atoms with Gasteiger partial charge in [0.25, 0.3) is 0 Å². The summed E-state index contributed by atoms with van der Waals surface area (Å²) in [4.78, 5) is 25.1. The molecule has 4 nitrogen and oxygen atoms in total. The molecule has 1 fully saturated rings. The van der Waals surface area contributed by atoms with Crippen molar-refractivity contribution in [2.24, 2.45) is 0 Å². The summed E-state index contributed by atoms with van der Waals surface area (Å²) in [5.41, 5.74) is 0.826. The Morgan fingerprint density at radius 2 is 2.05 bits per heavy atom. The maximum atomic E-state index is 12.5. The minimum absolute atomic E-state index is 0.0400. The van der Waals surface area contributed by atoms with Crippen LogP contribution in [-0.4, -0.2) is 34.5 Å². The highest BCUT2D eigenvalue weighted by Gasteiger charge is 2.27. The summed E-state index contributed by atoms with van der Waals surface area (Å²) in [6.07, 6.45) is 3.85. The monoisotopic (exact) mass is 309 g/mol. The molecule has 1 N–H and O–H groups in total. The van der Waals surface area contributed by atoms with Crippen molar-refractivity contribution in [1.82, 2.24) is 4.90 Å². The van der Waals surface area contributed by atoms with Gasteiger partial charge in [0.05, 0.1) is 6.42 Å². The third kappa shape index (κ3) is 4.46. The number of halogens is 1. The molecule has 0 aliphatic carbocycles. The predicted molar refractivity (Wildman–Crippen MR) is 81.4 cm³/mol. The van der Waals surface area contributed by atoms with E-state index in [1.807, 2.05) is 23.1 Å². The molecule has 1 atom stereocenters. The standard InChI is InChI=1S/C16H20ClNO3/c17-14-7-2-1-5-12(14)11-15(19)18-10-4-3-6-13(18)8-9-16(20)21/h1-2,5,7,13H,3-4,6,8-11H2,(H,20,21). The first kappa shape index (κ1) is 15.8. The first-order valence-corrected chi connectivity index (χ1v) is 7.70. The highest BCUT2D eigenvalue weighted by atomic mass is 35.5. The van der Waals surface area contributed by atoms with Crippen molar-refractivity contribution in [3.05, 3.63) is 34.9 Å². The average molecular weight is 310 g/mol. The van der Waals surface area contributed by atoms with Crippen molar-refractivity contribution in [3.63, 3.8) is 0 Å². The van der Waals surface area contributed by atoms with Gasteiger partial charge in [-0.2, -0.15) is 0 Å². The molecule has 0 bridgehead atoms. The molecule has 1 aromatic rings. The summed E-state index contributed by atoms with van der Waals surface area (Å²) in [5.74, 6) is -0.766. The van der Waals surface area contributed by atoms with E-state index in [0.29, 0.717) is 18.0 Å². The Morgan fingerprint density at radius 3 is 2.76 bits per heavy atom. The van der Waals surface area contributed by atoms with E-state index in [2.05, 4.69) is 0 Å². The van der Waals surface area contributed by atoms with Gasteiger partial charge < -0.3 is 10.0 Å². The maximum absolute atomic E-state index is 12.5. The minimum atomic E-state index is -0.806. The fourth-order valence-corrected chi connectivity index (χ4v) is 3.03. The fraction of sp³-hybridized carbons (Fsp3) is 0.500. The summed E-state index contributed by atoms with van der Waals surface area (Å²) >= 11 is 6.10. The molecular weight excluding hydrogens is 290 g/mol. The van der Waals surface area contributed by atoms with Crippen molar-refractivity contribution in [3.8, 4) is 0 Å². The molecule has 0 saturated carbocycles. The van der Waals surface area contributed by atoms with Crippen LogP contribution in [0.1, 0.15) is 37.7 Å². The zero-order valence-electron chi connectivity index (χ0n) is 11.9. The number of likely N-dealkylation sites (tertiary alicyclic amines) is 1. The SMILES string of the molecule is O=C(O)CCC1CCCCN1C(=O)Cc1ccccc1Cl. The van der Waals surface area contributed by atoms with Gasteiger partial charge in [-0.25, -0.2) is 0 Å². The molecule has 1 unspecified atom stereocenters. The number of carbonyl (C=O) groups excluding carboxylic acids is 1. The zero-order valence-corrected chi connectivity index (χ0v) is 12.7. The number of carboxylic acid groups (broad SMARTS) is 1. The number of nitrogens with zero attached hydrogens (tertiary/aromatic N) is 1.